The Morgan fingerprint density at radius 3 is 2.58 bits per heavy atom. The highest BCUT2D eigenvalue weighted by Crippen LogP contribution is 2.27. The maximum absolute atomic E-state index is 13.3. The molecular weight excluding hydrogens is 252 g/mol. The van der Waals surface area contributed by atoms with E-state index in [1.54, 1.807) is 20.1 Å². The molecule has 0 aliphatic heterocycles. The van der Waals surface area contributed by atoms with E-state index in [0.29, 0.717) is 18.9 Å². The van der Waals surface area contributed by atoms with E-state index in [4.69, 9.17) is 9.47 Å². The zero-order valence-corrected chi connectivity index (χ0v) is 11.5. The number of alkyl halides is 2. The fourth-order valence-corrected chi connectivity index (χ4v) is 1.56. The molecule has 0 bridgehead atoms. The molecule has 0 spiro atoms. The molecule has 0 fully saturated rings. The van der Waals surface area contributed by atoms with E-state index in [1.165, 1.54) is 6.07 Å². The van der Waals surface area contributed by atoms with Crippen molar-refractivity contribution in [2.75, 3.05) is 20.3 Å². The molecule has 1 heterocycles. The summed E-state index contributed by atoms with van der Waals surface area (Å²) in [5.41, 5.74) is 1.72. The Balaban J connectivity index is 2.93. The second-order valence-electron chi connectivity index (χ2n) is 4.40. The van der Waals surface area contributed by atoms with Crippen molar-refractivity contribution in [2.24, 2.45) is 0 Å². The molecule has 0 atom stereocenters. The van der Waals surface area contributed by atoms with Crippen LogP contribution in [0.2, 0.25) is 0 Å². The minimum Gasteiger partial charge on any atom is -0.382 e. The van der Waals surface area contributed by atoms with Crippen LogP contribution in [0.15, 0.2) is 18.7 Å². The lowest BCUT2D eigenvalue weighted by Gasteiger charge is -2.14. The summed E-state index contributed by atoms with van der Waals surface area (Å²) >= 11 is 0. The summed E-state index contributed by atoms with van der Waals surface area (Å²) in [6, 6.07) is 2.93. The molecule has 0 aliphatic rings. The third kappa shape index (κ3) is 4.69. The Labute approximate surface area is 112 Å². The lowest BCUT2D eigenvalue weighted by molar-refractivity contribution is 0.0117. The zero-order valence-electron chi connectivity index (χ0n) is 11.5. The Bertz CT molecular complexity index is 442. The van der Waals surface area contributed by atoms with Crippen LogP contribution in [-0.4, -0.2) is 25.3 Å². The normalized spacial score (nSPS) is 11.6. The number of hydrogen-bond donors (Lipinski definition) is 0. The summed E-state index contributed by atoms with van der Waals surface area (Å²) in [6.45, 7) is 7.45. The maximum atomic E-state index is 13.3. The lowest BCUT2D eigenvalue weighted by Crippen LogP contribution is -2.13. The van der Waals surface area contributed by atoms with Crippen molar-refractivity contribution in [1.29, 1.82) is 0 Å². The first-order valence-corrected chi connectivity index (χ1v) is 5.97. The van der Waals surface area contributed by atoms with Crippen molar-refractivity contribution in [3.8, 4) is 0 Å². The molecule has 5 heteroatoms. The van der Waals surface area contributed by atoms with E-state index in [-0.39, 0.29) is 12.3 Å². The molecule has 0 amide bonds. The van der Waals surface area contributed by atoms with Crippen LogP contribution >= 0.6 is 0 Å². The molecule has 1 aromatic heterocycles. The van der Waals surface area contributed by atoms with Crippen molar-refractivity contribution in [3.05, 3.63) is 35.7 Å². The lowest BCUT2D eigenvalue weighted by atomic mass is 10.1. The highest BCUT2D eigenvalue weighted by Gasteiger charge is 2.27. The van der Waals surface area contributed by atoms with Gasteiger partial charge in [-0.15, -0.1) is 0 Å². The number of pyridine rings is 1. The minimum atomic E-state index is -2.96. The molecule has 3 nitrogen and oxygen atoms in total. The van der Waals surface area contributed by atoms with Crippen molar-refractivity contribution in [3.63, 3.8) is 0 Å². The quantitative estimate of drug-likeness (QED) is 0.712. The number of ether oxygens (including phenoxy) is 2. The molecule has 0 unspecified atom stereocenters. The molecule has 0 saturated heterocycles. The van der Waals surface area contributed by atoms with Crippen LogP contribution in [0.1, 0.15) is 30.8 Å². The average Bonchev–Trinajstić information content (AvgIpc) is 2.33. The summed E-state index contributed by atoms with van der Waals surface area (Å²) in [5.74, 6) is -2.96. The van der Waals surface area contributed by atoms with Gasteiger partial charge < -0.3 is 9.47 Å². The fourth-order valence-electron chi connectivity index (χ4n) is 1.56. The standard InChI is InChI=1S/C14H19F2NO2/c1-10(2)11-5-6-13(14(3,15)16)17-12(11)9-19-8-7-18-4/h5-6H,1,7-9H2,2-4H3. The SMILES string of the molecule is C=C(C)c1ccc(C(C)(F)F)nc1COCCOC. The highest BCUT2D eigenvalue weighted by atomic mass is 19.3. The molecule has 0 saturated carbocycles. The second-order valence-corrected chi connectivity index (χ2v) is 4.40. The number of aromatic nitrogens is 1. The van der Waals surface area contributed by atoms with Crippen LogP contribution in [0.5, 0.6) is 0 Å². The van der Waals surface area contributed by atoms with E-state index in [1.807, 2.05) is 0 Å². The third-order valence-electron chi connectivity index (χ3n) is 2.55. The fraction of sp³-hybridized carbons (Fsp3) is 0.500. The number of methoxy groups -OCH3 is 1. The van der Waals surface area contributed by atoms with E-state index in [2.05, 4.69) is 11.6 Å². The van der Waals surface area contributed by atoms with Gasteiger partial charge in [-0.2, -0.15) is 8.78 Å². The smallest absolute Gasteiger partial charge is 0.286 e. The van der Waals surface area contributed by atoms with Gasteiger partial charge in [-0.25, -0.2) is 4.98 Å². The molecule has 1 rings (SSSR count). The summed E-state index contributed by atoms with van der Waals surface area (Å²) in [7, 11) is 1.57. The van der Waals surface area contributed by atoms with Gasteiger partial charge in [-0.3, -0.25) is 0 Å². The second kappa shape index (κ2) is 6.73. The topological polar surface area (TPSA) is 31.4 Å². The summed E-state index contributed by atoms with van der Waals surface area (Å²) in [6.07, 6.45) is 0. The van der Waals surface area contributed by atoms with Gasteiger partial charge in [0.05, 0.1) is 25.5 Å². The van der Waals surface area contributed by atoms with Crippen LogP contribution in [-0.2, 0) is 22.0 Å². The Kier molecular flexibility index (Phi) is 5.57. The molecule has 0 radical (unpaired) electrons. The molecule has 0 aliphatic carbocycles. The van der Waals surface area contributed by atoms with Crippen molar-refractivity contribution < 1.29 is 18.3 Å². The van der Waals surface area contributed by atoms with E-state index in [0.717, 1.165) is 18.1 Å². The van der Waals surface area contributed by atoms with Gasteiger partial charge in [0.25, 0.3) is 5.92 Å². The first kappa shape index (κ1) is 15.7. The van der Waals surface area contributed by atoms with Crippen LogP contribution in [0.4, 0.5) is 8.78 Å². The van der Waals surface area contributed by atoms with Gasteiger partial charge in [0.1, 0.15) is 5.69 Å². The van der Waals surface area contributed by atoms with Gasteiger partial charge in [-0.1, -0.05) is 12.6 Å². The Hall–Kier alpha value is -1.33. The summed E-state index contributed by atoms with van der Waals surface area (Å²) in [5, 5.41) is 0. The molecule has 106 valence electrons. The average molecular weight is 271 g/mol. The molecule has 1 aromatic rings. The molecule has 0 aromatic carbocycles. The van der Waals surface area contributed by atoms with Crippen LogP contribution in [0, 0.1) is 0 Å². The summed E-state index contributed by atoms with van der Waals surface area (Å²) in [4.78, 5) is 3.99. The molecular formula is C14H19F2NO2. The largest absolute Gasteiger partial charge is 0.382 e. The first-order chi connectivity index (χ1) is 8.86. The number of rotatable bonds is 7. The zero-order chi connectivity index (χ0) is 14.5. The van der Waals surface area contributed by atoms with Crippen LogP contribution in [0.3, 0.4) is 0 Å². The highest BCUT2D eigenvalue weighted by molar-refractivity contribution is 5.63. The third-order valence-corrected chi connectivity index (χ3v) is 2.55. The Morgan fingerprint density at radius 2 is 2.05 bits per heavy atom. The van der Waals surface area contributed by atoms with E-state index >= 15 is 0 Å². The van der Waals surface area contributed by atoms with E-state index < -0.39 is 5.92 Å². The predicted molar refractivity (Wildman–Crippen MR) is 70.0 cm³/mol. The molecule has 19 heavy (non-hydrogen) atoms. The first-order valence-electron chi connectivity index (χ1n) is 5.97. The van der Waals surface area contributed by atoms with Crippen molar-refractivity contribution in [2.45, 2.75) is 26.4 Å². The van der Waals surface area contributed by atoms with Crippen LogP contribution < -0.4 is 0 Å². The van der Waals surface area contributed by atoms with Gasteiger partial charge in [0.2, 0.25) is 0 Å². The van der Waals surface area contributed by atoms with Gasteiger partial charge in [0, 0.05) is 19.6 Å². The van der Waals surface area contributed by atoms with Gasteiger partial charge in [0.15, 0.2) is 0 Å². The van der Waals surface area contributed by atoms with Crippen molar-refractivity contribution >= 4 is 5.57 Å². The van der Waals surface area contributed by atoms with E-state index in [9.17, 15) is 8.78 Å². The van der Waals surface area contributed by atoms with Gasteiger partial charge >= 0.3 is 0 Å². The minimum absolute atomic E-state index is 0.162. The summed E-state index contributed by atoms with van der Waals surface area (Å²) < 4.78 is 36.7. The number of hydrogen-bond acceptors (Lipinski definition) is 3. The Morgan fingerprint density at radius 1 is 1.37 bits per heavy atom. The monoisotopic (exact) mass is 271 g/mol. The van der Waals surface area contributed by atoms with Gasteiger partial charge in [-0.05, 0) is 18.6 Å². The van der Waals surface area contributed by atoms with Crippen LogP contribution in [0.25, 0.3) is 5.57 Å². The maximum Gasteiger partial charge on any atom is 0.286 e. The van der Waals surface area contributed by atoms with Crippen molar-refractivity contribution in [1.82, 2.24) is 4.98 Å². The molecule has 0 N–H and O–H groups in total. The predicted octanol–water partition coefficient (Wildman–Crippen LogP) is 3.39. The number of allylic oxidation sites excluding steroid dienone is 1. The number of halogens is 2. The number of nitrogens with zero attached hydrogens (tertiary/aromatic N) is 1.